The van der Waals surface area contributed by atoms with Crippen LogP contribution in [0, 0.1) is 5.41 Å². The number of aromatic nitrogens is 1. The topological polar surface area (TPSA) is 40.5 Å². The van der Waals surface area contributed by atoms with Gasteiger partial charge in [-0.2, -0.15) is 0 Å². The van der Waals surface area contributed by atoms with E-state index in [4.69, 9.17) is 9.47 Å². The second-order valence-electron chi connectivity index (χ2n) is 11.7. The van der Waals surface area contributed by atoms with Gasteiger partial charge in [-0.3, -0.25) is 0 Å². The van der Waals surface area contributed by atoms with E-state index in [0.29, 0.717) is 12.2 Å². The highest BCUT2D eigenvalue weighted by Gasteiger charge is 2.22. The van der Waals surface area contributed by atoms with Crippen LogP contribution < -0.4 is 4.74 Å². The molecule has 0 saturated heterocycles. The van der Waals surface area contributed by atoms with E-state index in [0.717, 1.165) is 31.6 Å². The number of ether oxygens (including phenoxy) is 2. The molecule has 4 heteroatoms. The molecule has 0 N–H and O–H groups in total. The van der Waals surface area contributed by atoms with Crippen molar-refractivity contribution in [2.75, 3.05) is 13.2 Å². The van der Waals surface area contributed by atoms with Crippen LogP contribution in [0.2, 0.25) is 0 Å². The molecule has 0 radical (unpaired) electrons. The molecule has 0 unspecified atom stereocenters. The van der Waals surface area contributed by atoms with Crippen molar-refractivity contribution in [3.05, 3.63) is 65.7 Å². The molecule has 3 rings (SSSR count). The van der Waals surface area contributed by atoms with Gasteiger partial charge >= 0.3 is 5.97 Å². The Hall–Kier alpha value is -3.01. The first-order valence-corrected chi connectivity index (χ1v) is 14.9. The van der Waals surface area contributed by atoms with Gasteiger partial charge < -0.3 is 14.0 Å². The van der Waals surface area contributed by atoms with Gasteiger partial charge in [0.1, 0.15) is 5.75 Å². The highest BCUT2D eigenvalue weighted by Crippen LogP contribution is 2.34. The van der Waals surface area contributed by atoms with Gasteiger partial charge in [0.25, 0.3) is 0 Å². The summed E-state index contributed by atoms with van der Waals surface area (Å²) in [4.78, 5) is 11.8. The first kappa shape index (κ1) is 30.5. The van der Waals surface area contributed by atoms with Crippen LogP contribution in [0.3, 0.4) is 0 Å². The number of unbranched alkanes of at least 4 members (excludes halogenated alkanes) is 4. The number of esters is 1. The van der Waals surface area contributed by atoms with Gasteiger partial charge in [-0.05, 0) is 61.9 Å². The summed E-state index contributed by atoms with van der Waals surface area (Å²) in [6, 6.07) is 15.8. The summed E-state index contributed by atoms with van der Waals surface area (Å²) in [5.41, 5.74) is 6.81. The van der Waals surface area contributed by atoms with Gasteiger partial charge in [0.15, 0.2) is 0 Å². The highest BCUT2D eigenvalue weighted by atomic mass is 16.5. The number of aryl methyl sites for hydroxylation is 3. The number of nitrogens with zero attached hydrogens (tertiary/aromatic N) is 1. The Morgan fingerprint density at radius 3 is 2.36 bits per heavy atom. The van der Waals surface area contributed by atoms with E-state index in [2.05, 4.69) is 74.4 Å². The molecule has 212 valence electrons. The van der Waals surface area contributed by atoms with Crippen LogP contribution in [-0.4, -0.2) is 23.8 Å². The van der Waals surface area contributed by atoms with Gasteiger partial charge in [-0.15, -0.1) is 0 Å². The van der Waals surface area contributed by atoms with Crippen LogP contribution in [0.4, 0.5) is 0 Å². The number of carbonyl (C=O) groups excluding carboxylic acids is 1. The maximum atomic E-state index is 11.8. The van der Waals surface area contributed by atoms with E-state index in [-0.39, 0.29) is 18.0 Å². The second-order valence-corrected chi connectivity index (χ2v) is 11.7. The van der Waals surface area contributed by atoms with Crippen molar-refractivity contribution in [3.8, 4) is 17.0 Å². The largest absolute Gasteiger partial charge is 0.493 e. The van der Waals surface area contributed by atoms with Crippen LogP contribution >= 0.6 is 0 Å². The summed E-state index contributed by atoms with van der Waals surface area (Å²) in [5, 5.41) is 1.23. The molecule has 4 nitrogen and oxygen atoms in total. The fraction of sp³-hybridized carbons (Fsp3) is 0.514. The minimum Gasteiger partial charge on any atom is -0.493 e. The normalized spacial score (nSPS) is 11.6. The molecule has 0 bridgehead atoms. The van der Waals surface area contributed by atoms with E-state index in [9.17, 15) is 4.79 Å². The summed E-state index contributed by atoms with van der Waals surface area (Å²) in [5.74, 6) is 0.479. The molecule has 2 aromatic carbocycles. The summed E-state index contributed by atoms with van der Waals surface area (Å²) in [6.45, 7) is 17.9. The Kier molecular flexibility index (Phi) is 11.3. The summed E-state index contributed by atoms with van der Waals surface area (Å²) < 4.78 is 14.1. The fourth-order valence-electron chi connectivity index (χ4n) is 4.94. The zero-order valence-corrected chi connectivity index (χ0v) is 25.2. The molecular formula is C35H49NO3. The molecule has 0 saturated carbocycles. The van der Waals surface area contributed by atoms with E-state index in [1.165, 1.54) is 65.4 Å². The lowest BCUT2D eigenvalue weighted by molar-refractivity contribution is -0.142. The monoisotopic (exact) mass is 531 g/mol. The van der Waals surface area contributed by atoms with Crippen LogP contribution in [0.5, 0.6) is 5.75 Å². The van der Waals surface area contributed by atoms with Crippen molar-refractivity contribution in [1.82, 2.24) is 4.57 Å². The van der Waals surface area contributed by atoms with E-state index in [1.54, 1.807) is 6.92 Å². The first-order valence-electron chi connectivity index (χ1n) is 14.9. The van der Waals surface area contributed by atoms with Gasteiger partial charge in [-0.25, -0.2) is 4.79 Å². The van der Waals surface area contributed by atoms with Crippen LogP contribution in [0.1, 0.15) is 91.2 Å². The smallest absolute Gasteiger partial charge is 0.333 e. The summed E-state index contributed by atoms with van der Waals surface area (Å²) in [7, 11) is 0. The lowest BCUT2D eigenvalue weighted by Gasteiger charge is -2.24. The lowest BCUT2D eigenvalue weighted by Crippen LogP contribution is -2.28. The van der Waals surface area contributed by atoms with Gasteiger partial charge in [0, 0.05) is 40.2 Å². The number of rotatable bonds is 16. The molecule has 1 aromatic heterocycles. The molecule has 0 aliphatic carbocycles. The molecule has 0 fully saturated rings. The van der Waals surface area contributed by atoms with Crippen LogP contribution in [-0.2, 0) is 28.9 Å². The zero-order valence-electron chi connectivity index (χ0n) is 25.2. The van der Waals surface area contributed by atoms with Crippen LogP contribution in [0.15, 0.2) is 54.6 Å². The van der Waals surface area contributed by atoms with E-state index < -0.39 is 0 Å². The SMILES string of the molecule is C=C(C)C(=O)OCC(C)(C)COc1ccc2cc(-c3ccc(CCCCC)cc3CC)n(CCCCC)c2c1. The second kappa shape index (κ2) is 14.4. The number of hydrogen-bond donors (Lipinski definition) is 0. The molecule has 0 aliphatic heterocycles. The van der Waals surface area contributed by atoms with Gasteiger partial charge in [0.2, 0.25) is 0 Å². The van der Waals surface area contributed by atoms with Crippen LogP contribution in [0.25, 0.3) is 22.2 Å². The first-order chi connectivity index (χ1) is 18.7. The highest BCUT2D eigenvalue weighted by molar-refractivity contribution is 5.89. The minimum absolute atomic E-state index is 0.284. The van der Waals surface area contributed by atoms with Gasteiger partial charge in [-0.1, -0.05) is 85.1 Å². The Morgan fingerprint density at radius 2 is 1.67 bits per heavy atom. The molecule has 1 heterocycles. The third-order valence-corrected chi connectivity index (χ3v) is 7.33. The standard InChI is InChI=1S/C35H49NO3/c1-8-11-13-15-27-16-19-31(28(10-3)21-27)33-22-29-17-18-30(23-32(29)36(33)20-14-12-9-2)38-24-35(6,7)25-39-34(37)26(4)5/h16-19,21-23H,4,8-15,20,24-25H2,1-3,5-7H3. The number of fused-ring (bicyclic) bond motifs is 1. The average molecular weight is 532 g/mol. The maximum absolute atomic E-state index is 11.8. The Morgan fingerprint density at radius 1 is 0.923 bits per heavy atom. The molecule has 3 aromatic rings. The van der Waals surface area contributed by atoms with E-state index >= 15 is 0 Å². The summed E-state index contributed by atoms with van der Waals surface area (Å²) in [6.07, 6.45) is 9.53. The zero-order chi connectivity index (χ0) is 28.4. The molecule has 0 spiro atoms. The number of carbonyl (C=O) groups is 1. The Labute approximate surface area is 236 Å². The van der Waals surface area contributed by atoms with E-state index in [1.807, 2.05) is 13.8 Å². The minimum atomic E-state index is -0.359. The predicted octanol–water partition coefficient (Wildman–Crippen LogP) is 9.32. The molecule has 0 atom stereocenters. The maximum Gasteiger partial charge on any atom is 0.333 e. The third-order valence-electron chi connectivity index (χ3n) is 7.33. The molecule has 0 aliphatic rings. The summed E-state index contributed by atoms with van der Waals surface area (Å²) >= 11 is 0. The average Bonchev–Trinajstić information content (AvgIpc) is 3.28. The van der Waals surface area contributed by atoms with Crippen molar-refractivity contribution in [2.24, 2.45) is 5.41 Å². The number of benzene rings is 2. The van der Waals surface area contributed by atoms with Crippen molar-refractivity contribution in [1.29, 1.82) is 0 Å². The Balaban J connectivity index is 1.89. The van der Waals surface area contributed by atoms with Crippen molar-refractivity contribution in [3.63, 3.8) is 0 Å². The fourth-order valence-corrected chi connectivity index (χ4v) is 4.94. The Bertz CT molecular complexity index is 1250. The molecule has 0 amide bonds. The number of hydrogen-bond acceptors (Lipinski definition) is 3. The van der Waals surface area contributed by atoms with Crippen molar-refractivity contribution in [2.45, 2.75) is 99.5 Å². The van der Waals surface area contributed by atoms with Crippen molar-refractivity contribution >= 4 is 16.9 Å². The quantitative estimate of drug-likeness (QED) is 0.105. The molecule has 39 heavy (non-hydrogen) atoms. The molecular weight excluding hydrogens is 482 g/mol. The predicted molar refractivity (Wildman–Crippen MR) is 165 cm³/mol. The van der Waals surface area contributed by atoms with Gasteiger partial charge in [0.05, 0.1) is 18.7 Å². The van der Waals surface area contributed by atoms with Crippen molar-refractivity contribution < 1.29 is 14.3 Å². The third kappa shape index (κ3) is 8.49. The lowest BCUT2D eigenvalue weighted by atomic mass is 9.96.